The van der Waals surface area contributed by atoms with Gasteiger partial charge in [-0.3, -0.25) is 4.99 Å². The zero-order valence-corrected chi connectivity index (χ0v) is 22.3. The molecular weight excluding hydrogens is 514 g/mol. The lowest BCUT2D eigenvalue weighted by atomic mass is 10.1. The lowest BCUT2D eigenvalue weighted by Crippen LogP contribution is -2.38. The van der Waals surface area contributed by atoms with Crippen molar-refractivity contribution in [2.45, 2.75) is 44.9 Å². The summed E-state index contributed by atoms with van der Waals surface area (Å²) in [6.45, 7) is 2.81. The lowest BCUT2D eigenvalue weighted by Gasteiger charge is -2.17. The van der Waals surface area contributed by atoms with Crippen LogP contribution < -0.4 is 26.7 Å². The lowest BCUT2D eigenvalue weighted by molar-refractivity contribution is -0.169. The molecule has 2 aromatic carbocycles. The minimum atomic E-state index is -3.57. The van der Waals surface area contributed by atoms with E-state index in [9.17, 15) is 18.0 Å². The number of nitrogens with zero attached hydrogens (tertiary/aromatic N) is 1. The Morgan fingerprint density at radius 2 is 1.63 bits per heavy atom. The van der Waals surface area contributed by atoms with Gasteiger partial charge in [-0.1, -0.05) is 24.3 Å². The predicted molar refractivity (Wildman–Crippen MR) is 144 cm³/mol. The number of benzene rings is 2. The number of aliphatic imine (C=N–C) groups is 1. The van der Waals surface area contributed by atoms with Gasteiger partial charge in [-0.05, 0) is 55.2 Å². The van der Waals surface area contributed by atoms with Crippen molar-refractivity contribution < 1.29 is 31.7 Å². The van der Waals surface area contributed by atoms with Crippen molar-refractivity contribution >= 4 is 33.7 Å². The number of hydrogen-bond acceptors (Lipinski definition) is 10. The third-order valence-corrected chi connectivity index (χ3v) is 5.64. The highest BCUT2D eigenvalue weighted by molar-refractivity contribution is 7.86. The number of carbonyl (C=O) groups excluding carboxylic acids is 2. The first-order chi connectivity index (χ1) is 18.0. The molecule has 0 saturated carbocycles. The van der Waals surface area contributed by atoms with E-state index in [1.165, 1.54) is 0 Å². The van der Waals surface area contributed by atoms with Crippen molar-refractivity contribution in [3.05, 3.63) is 59.7 Å². The molecule has 0 aromatic heterocycles. The molecule has 0 spiro atoms. The molecule has 38 heavy (non-hydrogen) atoms. The van der Waals surface area contributed by atoms with Gasteiger partial charge in [-0.25, -0.2) is 9.59 Å². The number of nitrogens with one attached hydrogen (secondary N) is 1. The Kier molecular flexibility index (Phi) is 12.0. The molecule has 0 aliphatic heterocycles. The molecule has 7 N–H and O–H groups in total. The highest BCUT2D eigenvalue weighted by atomic mass is 32.2. The number of esters is 2. The second kappa shape index (κ2) is 14.9. The van der Waals surface area contributed by atoms with Gasteiger partial charge in [0.1, 0.15) is 11.8 Å². The summed E-state index contributed by atoms with van der Waals surface area (Å²) in [7, 11) is -3.57. The van der Waals surface area contributed by atoms with E-state index in [0.717, 1.165) is 23.1 Å². The Balaban J connectivity index is 1.87. The Hall–Kier alpha value is -3.68. The third-order valence-electron chi connectivity index (χ3n) is 5.14. The SMILES string of the molecule is CCOC(Cc1ccc(NCc2ccc(OS(C)(=O)=O)cc2)cc1)C(=O)OC(=O)[C@@H](N)CCCN=C(N)N. The first kappa shape index (κ1) is 30.5. The summed E-state index contributed by atoms with van der Waals surface area (Å²) in [5.41, 5.74) is 18.9. The fraction of sp³-hybridized carbons (Fsp3) is 0.400. The minimum Gasteiger partial charge on any atom is -0.390 e. The Labute approximate surface area is 222 Å². The number of hydrogen-bond donors (Lipinski definition) is 4. The van der Waals surface area contributed by atoms with Crippen LogP contribution in [0.4, 0.5) is 5.69 Å². The molecule has 2 rings (SSSR count). The van der Waals surface area contributed by atoms with E-state index in [-0.39, 0.29) is 31.2 Å². The van der Waals surface area contributed by atoms with Gasteiger partial charge in [0.15, 0.2) is 12.1 Å². The second-order valence-corrected chi connectivity index (χ2v) is 10.0. The summed E-state index contributed by atoms with van der Waals surface area (Å²) >= 11 is 0. The largest absolute Gasteiger partial charge is 0.390 e. The zero-order valence-electron chi connectivity index (χ0n) is 21.5. The van der Waals surface area contributed by atoms with Crippen LogP contribution in [0, 0.1) is 0 Å². The third kappa shape index (κ3) is 11.6. The average molecular weight is 550 g/mol. The van der Waals surface area contributed by atoms with Gasteiger partial charge in [-0.15, -0.1) is 0 Å². The maximum atomic E-state index is 12.6. The molecule has 0 amide bonds. The number of nitrogens with two attached hydrogens (primary N) is 3. The zero-order chi connectivity index (χ0) is 28.1. The fourth-order valence-corrected chi connectivity index (χ4v) is 3.76. The molecule has 13 heteroatoms. The van der Waals surface area contributed by atoms with E-state index in [4.69, 9.17) is 30.9 Å². The van der Waals surface area contributed by atoms with Gasteiger partial charge >= 0.3 is 22.1 Å². The number of carbonyl (C=O) groups is 2. The number of anilines is 1. The van der Waals surface area contributed by atoms with Crippen LogP contribution in [-0.4, -0.2) is 57.9 Å². The minimum absolute atomic E-state index is 0.0477. The van der Waals surface area contributed by atoms with Gasteiger partial charge in [0, 0.05) is 31.8 Å². The van der Waals surface area contributed by atoms with Crippen LogP contribution in [-0.2, 0) is 42.1 Å². The van der Waals surface area contributed by atoms with Crippen LogP contribution in [0.25, 0.3) is 0 Å². The highest BCUT2D eigenvalue weighted by Crippen LogP contribution is 2.17. The van der Waals surface area contributed by atoms with E-state index in [1.54, 1.807) is 31.2 Å². The molecule has 0 heterocycles. The molecule has 208 valence electrons. The molecule has 0 fully saturated rings. The van der Waals surface area contributed by atoms with Crippen LogP contribution in [0.3, 0.4) is 0 Å². The first-order valence-corrected chi connectivity index (χ1v) is 13.8. The van der Waals surface area contributed by atoms with E-state index in [1.807, 2.05) is 24.3 Å². The quantitative estimate of drug-likeness (QED) is 0.0618. The van der Waals surface area contributed by atoms with E-state index in [0.29, 0.717) is 19.5 Å². The Bertz CT molecular complexity index is 1180. The maximum Gasteiger partial charge on any atom is 0.343 e. The number of ether oxygens (including phenoxy) is 2. The van der Waals surface area contributed by atoms with E-state index in [2.05, 4.69) is 10.3 Å². The van der Waals surface area contributed by atoms with Crippen LogP contribution in [0.15, 0.2) is 53.5 Å². The van der Waals surface area contributed by atoms with Crippen molar-refractivity contribution in [3.63, 3.8) is 0 Å². The molecule has 12 nitrogen and oxygen atoms in total. The summed E-state index contributed by atoms with van der Waals surface area (Å²) in [5, 5.41) is 3.26. The summed E-state index contributed by atoms with van der Waals surface area (Å²) in [5.74, 6) is -1.44. The number of rotatable bonds is 15. The standard InChI is InChI=1S/C25H35N5O7S/c1-3-35-22(24(32)36-23(31)21(26)5-4-14-29-25(27)28)15-17-6-10-19(11-7-17)30-16-18-8-12-20(13-9-18)37-38(2,33)34/h6-13,21-22,30H,3-5,14-16,26H2,1-2H3,(H4,27,28,29)/t21-,22?/m0/s1. The van der Waals surface area contributed by atoms with Gasteiger partial charge in [0.25, 0.3) is 0 Å². The van der Waals surface area contributed by atoms with Crippen LogP contribution in [0.1, 0.15) is 30.9 Å². The van der Waals surface area contributed by atoms with Gasteiger partial charge < -0.3 is 36.2 Å². The van der Waals surface area contributed by atoms with Crippen LogP contribution in [0.5, 0.6) is 5.75 Å². The maximum absolute atomic E-state index is 12.6. The topological polar surface area (TPSA) is 198 Å². The van der Waals surface area contributed by atoms with Gasteiger partial charge in [0.05, 0.1) is 6.26 Å². The van der Waals surface area contributed by atoms with Crippen molar-refractivity contribution in [3.8, 4) is 5.75 Å². The molecule has 0 radical (unpaired) electrons. The van der Waals surface area contributed by atoms with E-state index < -0.39 is 34.2 Å². The van der Waals surface area contributed by atoms with Crippen molar-refractivity contribution in [2.24, 2.45) is 22.2 Å². The molecular formula is C25H35N5O7S. The molecule has 0 saturated heterocycles. The average Bonchev–Trinajstić information content (AvgIpc) is 2.85. The van der Waals surface area contributed by atoms with Crippen molar-refractivity contribution in [2.75, 3.05) is 24.7 Å². The fourth-order valence-electron chi connectivity index (χ4n) is 3.30. The predicted octanol–water partition coefficient (Wildman–Crippen LogP) is 1.04. The number of guanidine groups is 1. The molecule has 1 unspecified atom stereocenters. The van der Waals surface area contributed by atoms with Gasteiger partial charge in [-0.2, -0.15) is 8.42 Å². The van der Waals surface area contributed by atoms with E-state index >= 15 is 0 Å². The summed E-state index contributed by atoms with van der Waals surface area (Å²) in [6, 6.07) is 13.1. The Morgan fingerprint density at radius 3 is 2.21 bits per heavy atom. The molecule has 0 bridgehead atoms. The van der Waals surface area contributed by atoms with Crippen molar-refractivity contribution in [1.82, 2.24) is 0 Å². The highest BCUT2D eigenvalue weighted by Gasteiger charge is 2.26. The normalized spacial score (nSPS) is 12.7. The molecule has 0 aliphatic rings. The summed E-state index contributed by atoms with van der Waals surface area (Å²) in [6.07, 6.45) is 0.947. The summed E-state index contributed by atoms with van der Waals surface area (Å²) in [4.78, 5) is 28.6. The van der Waals surface area contributed by atoms with Crippen molar-refractivity contribution in [1.29, 1.82) is 0 Å². The van der Waals surface area contributed by atoms with Crippen LogP contribution >= 0.6 is 0 Å². The monoisotopic (exact) mass is 549 g/mol. The van der Waals surface area contributed by atoms with Gasteiger partial charge in [0.2, 0.25) is 0 Å². The smallest absolute Gasteiger partial charge is 0.343 e. The Morgan fingerprint density at radius 1 is 1.00 bits per heavy atom. The summed E-state index contributed by atoms with van der Waals surface area (Å²) < 4.78 is 37.7. The molecule has 0 aliphatic carbocycles. The first-order valence-electron chi connectivity index (χ1n) is 12.0. The molecule has 2 aromatic rings. The van der Waals surface area contributed by atoms with Crippen LogP contribution in [0.2, 0.25) is 0 Å². The second-order valence-electron chi connectivity index (χ2n) is 8.43. The molecule has 2 atom stereocenters.